The molecule has 1 heterocycles. The molecule has 3 rings (SSSR count). The van der Waals surface area contributed by atoms with Crippen LogP contribution in [-0.2, 0) is 32.1 Å². The third-order valence-corrected chi connectivity index (χ3v) is 4.93. The van der Waals surface area contributed by atoms with Crippen molar-refractivity contribution in [1.29, 1.82) is 0 Å². The number of benzene rings is 2. The van der Waals surface area contributed by atoms with E-state index in [1.807, 2.05) is 60.7 Å². The van der Waals surface area contributed by atoms with Crippen LogP contribution in [0.4, 0.5) is 4.79 Å². The molecule has 4 amide bonds. The van der Waals surface area contributed by atoms with Crippen LogP contribution in [0.25, 0.3) is 0 Å². The number of esters is 1. The SMILES string of the molecule is O=C1NC(=O)C(CCC(=O)OCC(=O)N(CCc2ccccc2)Cc2ccccc2)N1. The summed E-state index contributed by atoms with van der Waals surface area (Å²) in [5.74, 6) is -1.35. The number of hydrogen-bond donors (Lipinski definition) is 2. The lowest BCUT2D eigenvalue weighted by Crippen LogP contribution is -2.36. The second kappa shape index (κ2) is 10.9. The van der Waals surface area contributed by atoms with Gasteiger partial charge in [-0.05, 0) is 24.0 Å². The largest absolute Gasteiger partial charge is 0.456 e. The number of nitrogens with one attached hydrogen (secondary N) is 2. The lowest BCUT2D eigenvalue weighted by molar-refractivity contribution is -0.152. The van der Waals surface area contributed by atoms with Crippen LogP contribution < -0.4 is 10.6 Å². The van der Waals surface area contributed by atoms with E-state index in [1.165, 1.54) is 0 Å². The maximum Gasteiger partial charge on any atom is 0.322 e. The zero-order valence-electron chi connectivity index (χ0n) is 17.1. The third-order valence-electron chi connectivity index (χ3n) is 4.93. The molecule has 1 fully saturated rings. The van der Waals surface area contributed by atoms with E-state index in [0.717, 1.165) is 11.1 Å². The van der Waals surface area contributed by atoms with E-state index >= 15 is 0 Å². The van der Waals surface area contributed by atoms with Gasteiger partial charge in [-0.3, -0.25) is 19.7 Å². The van der Waals surface area contributed by atoms with Gasteiger partial charge in [-0.15, -0.1) is 0 Å². The second-order valence-corrected chi connectivity index (χ2v) is 7.25. The van der Waals surface area contributed by atoms with Crippen molar-refractivity contribution in [2.45, 2.75) is 31.8 Å². The van der Waals surface area contributed by atoms with E-state index in [9.17, 15) is 19.2 Å². The summed E-state index contributed by atoms with van der Waals surface area (Å²) in [6, 6.07) is 18.1. The van der Waals surface area contributed by atoms with Gasteiger partial charge in [0, 0.05) is 19.5 Å². The summed E-state index contributed by atoms with van der Waals surface area (Å²) in [5, 5.41) is 4.52. The Kier molecular flexibility index (Phi) is 7.75. The number of carbonyl (C=O) groups excluding carboxylic acids is 4. The summed E-state index contributed by atoms with van der Waals surface area (Å²) >= 11 is 0. The summed E-state index contributed by atoms with van der Waals surface area (Å²) in [6.07, 6.45) is 0.727. The van der Waals surface area contributed by atoms with Gasteiger partial charge in [-0.2, -0.15) is 0 Å². The Hall–Kier alpha value is -3.68. The number of hydrogen-bond acceptors (Lipinski definition) is 5. The predicted octanol–water partition coefficient (Wildman–Crippen LogP) is 1.79. The van der Waals surface area contributed by atoms with Crippen molar-refractivity contribution >= 4 is 23.8 Å². The molecule has 0 aromatic heterocycles. The predicted molar refractivity (Wildman–Crippen MR) is 113 cm³/mol. The number of imide groups is 1. The average molecular weight is 423 g/mol. The fraction of sp³-hybridized carbons (Fsp3) is 0.304. The van der Waals surface area contributed by atoms with Gasteiger partial charge < -0.3 is 15.0 Å². The maximum absolute atomic E-state index is 12.8. The first-order chi connectivity index (χ1) is 15.0. The van der Waals surface area contributed by atoms with Crippen LogP contribution in [0.2, 0.25) is 0 Å². The Bertz CT molecular complexity index is 917. The highest BCUT2D eigenvalue weighted by Gasteiger charge is 2.29. The van der Waals surface area contributed by atoms with E-state index in [1.54, 1.807) is 4.90 Å². The Morgan fingerprint density at radius 2 is 1.58 bits per heavy atom. The molecule has 0 radical (unpaired) electrons. The fourth-order valence-corrected chi connectivity index (χ4v) is 3.23. The number of nitrogens with zero attached hydrogens (tertiary/aromatic N) is 1. The Morgan fingerprint density at radius 1 is 0.935 bits per heavy atom. The van der Waals surface area contributed by atoms with Gasteiger partial charge in [-0.25, -0.2) is 4.79 Å². The number of carbonyl (C=O) groups is 4. The Labute approximate surface area is 180 Å². The number of ether oxygens (including phenoxy) is 1. The van der Waals surface area contributed by atoms with Crippen LogP contribution in [-0.4, -0.2) is 47.9 Å². The summed E-state index contributed by atoms with van der Waals surface area (Å²) in [4.78, 5) is 49.0. The summed E-state index contributed by atoms with van der Waals surface area (Å²) in [5.41, 5.74) is 2.10. The minimum absolute atomic E-state index is 0.0751. The molecule has 0 aliphatic carbocycles. The van der Waals surface area contributed by atoms with Crippen molar-refractivity contribution < 1.29 is 23.9 Å². The first-order valence-corrected chi connectivity index (χ1v) is 10.1. The minimum Gasteiger partial charge on any atom is -0.456 e. The molecule has 2 aromatic rings. The Balaban J connectivity index is 1.51. The van der Waals surface area contributed by atoms with Crippen LogP contribution in [0.1, 0.15) is 24.0 Å². The molecule has 1 saturated heterocycles. The molecule has 162 valence electrons. The number of rotatable bonds is 10. The van der Waals surface area contributed by atoms with Gasteiger partial charge in [0.15, 0.2) is 6.61 Å². The first-order valence-electron chi connectivity index (χ1n) is 10.1. The van der Waals surface area contributed by atoms with Gasteiger partial charge in [0.05, 0.1) is 0 Å². The van der Waals surface area contributed by atoms with E-state index in [4.69, 9.17) is 4.74 Å². The molecule has 1 atom stereocenters. The quantitative estimate of drug-likeness (QED) is 0.448. The van der Waals surface area contributed by atoms with Crippen molar-refractivity contribution in [2.75, 3.05) is 13.2 Å². The van der Waals surface area contributed by atoms with Crippen molar-refractivity contribution in [3.63, 3.8) is 0 Å². The van der Waals surface area contributed by atoms with E-state index < -0.39 is 23.9 Å². The standard InChI is InChI=1S/C23H25N3O5/c27-20(16-31-21(28)12-11-19-22(29)25-23(30)24-19)26(15-18-9-5-2-6-10-18)14-13-17-7-3-1-4-8-17/h1-10,19H,11-16H2,(H2,24,25,29,30). The molecule has 8 nitrogen and oxygen atoms in total. The van der Waals surface area contributed by atoms with Crippen LogP contribution in [0.15, 0.2) is 60.7 Å². The van der Waals surface area contributed by atoms with E-state index in [2.05, 4.69) is 10.6 Å². The topological polar surface area (TPSA) is 105 Å². The summed E-state index contributed by atoms with van der Waals surface area (Å²) in [7, 11) is 0. The zero-order chi connectivity index (χ0) is 22.1. The van der Waals surface area contributed by atoms with E-state index in [0.29, 0.717) is 19.5 Å². The maximum atomic E-state index is 12.8. The molecule has 0 spiro atoms. The molecular weight excluding hydrogens is 398 g/mol. The number of urea groups is 1. The molecule has 8 heteroatoms. The summed E-state index contributed by atoms with van der Waals surface area (Å²) < 4.78 is 5.12. The van der Waals surface area contributed by atoms with Crippen molar-refractivity contribution in [1.82, 2.24) is 15.5 Å². The molecule has 1 aliphatic rings. The minimum atomic E-state index is -0.754. The van der Waals surface area contributed by atoms with Crippen molar-refractivity contribution in [3.8, 4) is 0 Å². The average Bonchev–Trinajstić information content (AvgIpc) is 3.11. The highest BCUT2D eigenvalue weighted by atomic mass is 16.5. The lowest BCUT2D eigenvalue weighted by atomic mass is 10.1. The molecule has 1 aliphatic heterocycles. The Morgan fingerprint density at radius 3 is 2.19 bits per heavy atom. The highest BCUT2D eigenvalue weighted by molar-refractivity contribution is 6.04. The molecule has 1 unspecified atom stereocenters. The zero-order valence-corrected chi connectivity index (χ0v) is 17.1. The van der Waals surface area contributed by atoms with Crippen LogP contribution >= 0.6 is 0 Å². The first kappa shape index (κ1) is 22.0. The van der Waals surface area contributed by atoms with Crippen molar-refractivity contribution in [2.24, 2.45) is 0 Å². The highest BCUT2D eigenvalue weighted by Crippen LogP contribution is 2.09. The smallest absolute Gasteiger partial charge is 0.322 e. The van der Waals surface area contributed by atoms with Crippen LogP contribution in [0.5, 0.6) is 0 Å². The normalized spacial score (nSPS) is 15.2. The van der Waals surface area contributed by atoms with Crippen molar-refractivity contribution in [3.05, 3.63) is 71.8 Å². The van der Waals surface area contributed by atoms with Crippen LogP contribution in [0.3, 0.4) is 0 Å². The molecule has 2 N–H and O–H groups in total. The van der Waals surface area contributed by atoms with Gasteiger partial charge in [0.2, 0.25) is 0 Å². The van der Waals surface area contributed by atoms with Gasteiger partial charge >= 0.3 is 12.0 Å². The molecular formula is C23H25N3O5. The third kappa shape index (κ3) is 6.95. The molecule has 31 heavy (non-hydrogen) atoms. The van der Waals surface area contributed by atoms with Gasteiger partial charge in [0.1, 0.15) is 6.04 Å². The number of amides is 4. The fourth-order valence-electron chi connectivity index (χ4n) is 3.23. The van der Waals surface area contributed by atoms with Gasteiger partial charge in [0.25, 0.3) is 11.8 Å². The van der Waals surface area contributed by atoms with Crippen LogP contribution in [0, 0.1) is 0 Å². The monoisotopic (exact) mass is 423 g/mol. The molecule has 0 bridgehead atoms. The van der Waals surface area contributed by atoms with E-state index in [-0.39, 0.29) is 25.4 Å². The second-order valence-electron chi connectivity index (χ2n) is 7.25. The summed E-state index contributed by atoms with van der Waals surface area (Å²) in [6.45, 7) is 0.533. The molecule has 2 aromatic carbocycles. The molecule has 0 saturated carbocycles. The lowest BCUT2D eigenvalue weighted by Gasteiger charge is -2.23. The van der Waals surface area contributed by atoms with Gasteiger partial charge in [-0.1, -0.05) is 60.7 Å².